The summed E-state index contributed by atoms with van der Waals surface area (Å²) in [6, 6.07) is 43.3. The average Bonchev–Trinajstić information content (AvgIpc) is 3.24. The van der Waals surface area contributed by atoms with Gasteiger partial charge < -0.3 is 4.90 Å². The molecule has 0 N–H and O–H groups in total. The van der Waals surface area contributed by atoms with Gasteiger partial charge in [-0.05, 0) is 54.1 Å². The SMILES string of the molecule is Brc1ccc(N(c2ccc3c(c2)sc2ccccc23)c2ccccc2-c2ccccc2)cc1. The van der Waals surface area contributed by atoms with E-state index in [9.17, 15) is 0 Å². The maximum absolute atomic E-state index is 3.59. The number of nitrogens with zero attached hydrogens (tertiary/aromatic N) is 1. The van der Waals surface area contributed by atoms with Gasteiger partial charge in [-0.2, -0.15) is 0 Å². The van der Waals surface area contributed by atoms with Crippen LogP contribution in [0.25, 0.3) is 31.3 Å². The molecule has 0 radical (unpaired) electrons. The number of hydrogen-bond acceptors (Lipinski definition) is 2. The van der Waals surface area contributed by atoms with Crippen molar-refractivity contribution in [1.82, 2.24) is 0 Å². The molecule has 1 nitrogen and oxygen atoms in total. The Morgan fingerprint density at radius 3 is 2.06 bits per heavy atom. The Kier molecular flexibility index (Phi) is 5.21. The van der Waals surface area contributed by atoms with Gasteiger partial charge in [0.1, 0.15) is 0 Å². The minimum Gasteiger partial charge on any atom is -0.310 e. The predicted octanol–water partition coefficient (Wildman–Crippen LogP) is 9.95. The Bertz CT molecular complexity index is 1570. The number of anilines is 3. The van der Waals surface area contributed by atoms with Crippen LogP contribution in [-0.2, 0) is 0 Å². The summed E-state index contributed by atoms with van der Waals surface area (Å²) in [6.07, 6.45) is 0. The zero-order chi connectivity index (χ0) is 22.2. The maximum Gasteiger partial charge on any atom is 0.0540 e. The first-order chi connectivity index (χ1) is 16.3. The van der Waals surface area contributed by atoms with E-state index in [0.717, 1.165) is 21.5 Å². The second kappa shape index (κ2) is 8.51. The molecule has 33 heavy (non-hydrogen) atoms. The van der Waals surface area contributed by atoms with Crippen LogP contribution in [0.4, 0.5) is 17.1 Å². The van der Waals surface area contributed by atoms with Gasteiger partial charge in [0.25, 0.3) is 0 Å². The maximum atomic E-state index is 3.59. The first-order valence-corrected chi connectivity index (χ1v) is 12.5. The Labute approximate surface area is 205 Å². The summed E-state index contributed by atoms with van der Waals surface area (Å²) in [5, 5.41) is 2.63. The van der Waals surface area contributed by atoms with Crippen LogP contribution in [-0.4, -0.2) is 0 Å². The van der Waals surface area contributed by atoms with Crippen molar-refractivity contribution in [3.05, 3.63) is 126 Å². The third kappa shape index (κ3) is 3.74. The summed E-state index contributed by atoms with van der Waals surface area (Å²) >= 11 is 5.45. The monoisotopic (exact) mass is 505 g/mol. The minimum absolute atomic E-state index is 1.07. The average molecular weight is 506 g/mol. The van der Waals surface area contributed by atoms with Crippen LogP contribution < -0.4 is 4.90 Å². The summed E-state index contributed by atoms with van der Waals surface area (Å²) in [4.78, 5) is 2.36. The molecule has 3 heteroatoms. The van der Waals surface area contributed by atoms with E-state index in [2.05, 4.69) is 142 Å². The van der Waals surface area contributed by atoms with E-state index < -0.39 is 0 Å². The third-order valence-corrected chi connectivity index (χ3v) is 7.60. The molecule has 158 valence electrons. The molecule has 0 aliphatic carbocycles. The Hall–Kier alpha value is -3.40. The smallest absolute Gasteiger partial charge is 0.0540 e. The van der Waals surface area contributed by atoms with Crippen molar-refractivity contribution in [2.45, 2.75) is 0 Å². The van der Waals surface area contributed by atoms with Gasteiger partial charge in [-0.25, -0.2) is 0 Å². The molecule has 0 bridgehead atoms. The molecule has 0 fully saturated rings. The Morgan fingerprint density at radius 2 is 1.21 bits per heavy atom. The fourth-order valence-electron chi connectivity index (χ4n) is 4.40. The topological polar surface area (TPSA) is 3.24 Å². The van der Waals surface area contributed by atoms with Crippen LogP contribution in [0.5, 0.6) is 0 Å². The predicted molar refractivity (Wildman–Crippen MR) is 147 cm³/mol. The van der Waals surface area contributed by atoms with Crippen LogP contribution >= 0.6 is 27.3 Å². The molecular formula is C30H20BrNS. The molecule has 0 aliphatic heterocycles. The minimum atomic E-state index is 1.07. The zero-order valence-electron chi connectivity index (χ0n) is 17.8. The summed E-state index contributed by atoms with van der Waals surface area (Å²) in [6.45, 7) is 0. The number of para-hydroxylation sites is 1. The molecule has 6 rings (SSSR count). The third-order valence-electron chi connectivity index (χ3n) is 5.94. The number of thiophene rings is 1. The van der Waals surface area contributed by atoms with E-state index in [4.69, 9.17) is 0 Å². The van der Waals surface area contributed by atoms with Gasteiger partial charge >= 0.3 is 0 Å². The highest BCUT2D eigenvalue weighted by molar-refractivity contribution is 9.10. The molecule has 5 aromatic carbocycles. The molecule has 0 spiro atoms. The van der Waals surface area contributed by atoms with Crippen molar-refractivity contribution >= 4 is 64.5 Å². The van der Waals surface area contributed by atoms with Gasteiger partial charge in [-0.3, -0.25) is 0 Å². The van der Waals surface area contributed by atoms with Crippen LogP contribution in [0.3, 0.4) is 0 Å². The highest BCUT2D eigenvalue weighted by Crippen LogP contribution is 2.43. The number of hydrogen-bond donors (Lipinski definition) is 0. The molecule has 1 aromatic heterocycles. The van der Waals surface area contributed by atoms with Crippen molar-refractivity contribution in [1.29, 1.82) is 0 Å². The first kappa shape index (κ1) is 20.2. The quantitative estimate of drug-likeness (QED) is 0.230. The molecular weight excluding hydrogens is 486 g/mol. The highest BCUT2D eigenvalue weighted by Gasteiger charge is 2.18. The Balaban J connectivity index is 1.59. The number of benzene rings is 5. The lowest BCUT2D eigenvalue weighted by Gasteiger charge is -2.28. The second-order valence-electron chi connectivity index (χ2n) is 7.97. The van der Waals surface area contributed by atoms with Crippen molar-refractivity contribution in [2.75, 3.05) is 4.90 Å². The normalized spacial score (nSPS) is 11.2. The lowest BCUT2D eigenvalue weighted by atomic mass is 10.0. The van der Waals surface area contributed by atoms with E-state index in [1.165, 1.54) is 31.3 Å². The standard InChI is InChI=1S/C30H20BrNS/c31-22-14-16-23(17-15-22)32(28-12-6-4-10-25(28)21-8-2-1-3-9-21)24-18-19-27-26-11-5-7-13-29(26)33-30(27)20-24/h1-20H. The van der Waals surface area contributed by atoms with Gasteiger partial charge in [0.15, 0.2) is 0 Å². The van der Waals surface area contributed by atoms with Gasteiger partial charge in [0, 0.05) is 41.6 Å². The molecule has 0 saturated carbocycles. The first-order valence-electron chi connectivity index (χ1n) is 10.9. The Morgan fingerprint density at radius 1 is 0.545 bits per heavy atom. The van der Waals surface area contributed by atoms with Crippen LogP contribution in [0.15, 0.2) is 126 Å². The van der Waals surface area contributed by atoms with Crippen molar-refractivity contribution < 1.29 is 0 Å². The lowest BCUT2D eigenvalue weighted by Crippen LogP contribution is -2.11. The summed E-state index contributed by atoms with van der Waals surface area (Å²) in [5.41, 5.74) is 5.85. The van der Waals surface area contributed by atoms with Gasteiger partial charge in [0.2, 0.25) is 0 Å². The van der Waals surface area contributed by atoms with Gasteiger partial charge in [-0.1, -0.05) is 88.7 Å². The molecule has 0 saturated heterocycles. The van der Waals surface area contributed by atoms with Gasteiger partial charge in [0.05, 0.1) is 5.69 Å². The summed E-state index contributed by atoms with van der Waals surface area (Å²) < 4.78 is 3.69. The second-order valence-corrected chi connectivity index (χ2v) is 9.97. The van der Waals surface area contributed by atoms with E-state index in [0.29, 0.717) is 0 Å². The molecule has 0 aliphatic rings. The molecule has 1 heterocycles. The van der Waals surface area contributed by atoms with Crippen molar-refractivity contribution in [3.8, 4) is 11.1 Å². The molecule has 6 aromatic rings. The van der Waals surface area contributed by atoms with Crippen LogP contribution in [0, 0.1) is 0 Å². The number of rotatable bonds is 4. The summed E-state index contributed by atoms with van der Waals surface area (Å²) in [5.74, 6) is 0. The molecule has 0 unspecified atom stereocenters. The van der Waals surface area contributed by atoms with E-state index in [1.807, 2.05) is 11.3 Å². The van der Waals surface area contributed by atoms with E-state index in [-0.39, 0.29) is 0 Å². The van der Waals surface area contributed by atoms with E-state index >= 15 is 0 Å². The lowest BCUT2D eigenvalue weighted by molar-refractivity contribution is 1.29. The zero-order valence-corrected chi connectivity index (χ0v) is 20.2. The van der Waals surface area contributed by atoms with Crippen LogP contribution in [0.1, 0.15) is 0 Å². The largest absolute Gasteiger partial charge is 0.310 e. The fraction of sp³-hybridized carbons (Fsp3) is 0. The summed E-state index contributed by atoms with van der Waals surface area (Å²) in [7, 11) is 0. The van der Waals surface area contributed by atoms with Crippen molar-refractivity contribution in [3.63, 3.8) is 0 Å². The van der Waals surface area contributed by atoms with Crippen LogP contribution in [0.2, 0.25) is 0 Å². The fourth-order valence-corrected chi connectivity index (χ4v) is 5.80. The van der Waals surface area contributed by atoms with E-state index in [1.54, 1.807) is 0 Å². The van der Waals surface area contributed by atoms with Crippen molar-refractivity contribution in [2.24, 2.45) is 0 Å². The van der Waals surface area contributed by atoms with Gasteiger partial charge in [-0.15, -0.1) is 11.3 Å². The highest BCUT2D eigenvalue weighted by atomic mass is 79.9. The number of fused-ring (bicyclic) bond motifs is 3. The number of halogens is 1. The molecule has 0 amide bonds. The molecule has 0 atom stereocenters.